The lowest BCUT2D eigenvalue weighted by Gasteiger charge is -2.33. The molecule has 8 nitrogen and oxygen atoms in total. The Kier molecular flexibility index (Phi) is 5.08. The number of rotatable bonds is 4. The van der Waals surface area contributed by atoms with Gasteiger partial charge in [-0.05, 0) is 30.5 Å². The third-order valence-corrected chi connectivity index (χ3v) is 6.28. The Morgan fingerprint density at radius 2 is 1.79 bits per heavy atom. The second kappa shape index (κ2) is 7.95. The molecular formula is C25H27N5O3. The lowest BCUT2D eigenvalue weighted by molar-refractivity contribution is 0.409. The molecule has 8 heteroatoms. The van der Waals surface area contributed by atoms with Crippen LogP contribution in [0.4, 0.5) is 11.6 Å². The summed E-state index contributed by atoms with van der Waals surface area (Å²) < 4.78 is 10.3. The van der Waals surface area contributed by atoms with Crippen molar-refractivity contribution in [1.29, 1.82) is 0 Å². The van der Waals surface area contributed by atoms with Gasteiger partial charge in [-0.15, -0.1) is 0 Å². The molecule has 0 saturated heterocycles. The van der Waals surface area contributed by atoms with Crippen LogP contribution < -0.4 is 20.9 Å². The summed E-state index contributed by atoms with van der Waals surface area (Å²) in [6, 6.07) is 15.6. The first-order valence-corrected chi connectivity index (χ1v) is 11.0. The first-order valence-electron chi connectivity index (χ1n) is 11.0. The molecule has 0 aliphatic carbocycles. The van der Waals surface area contributed by atoms with Gasteiger partial charge in [0.2, 0.25) is 5.95 Å². The Hall–Kier alpha value is -3.81. The van der Waals surface area contributed by atoms with Gasteiger partial charge in [0.15, 0.2) is 11.2 Å². The van der Waals surface area contributed by atoms with Gasteiger partial charge in [-0.1, -0.05) is 48.9 Å². The highest BCUT2D eigenvalue weighted by molar-refractivity contribution is 5.78. The zero-order chi connectivity index (χ0) is 23.3. The first-order chi connectivity index (χ1) is 15.9. The lowest BCUT2D eigenvalue weighted by Crippen LogP contribution is -2.40. The van der Waals surface area contributed by atoms with Crippen molar-refractivity contribution in [1.82, 2.24) is 18.7 Å². The zero-order valence-electron chi connectivity index (χ0n) is 19.3. The van der Waals surface area contributed by atoms with Gasteiger partial charge in [0.25, 0.3) is 5.56 Å². The summed E-state index contributed by atoms with van der Waals surface area (Å²) in [7, 11) is 3.31. The SMILES string of the molecule is COc1ccccc1N1CC(C)Cn2c1nc1c2c(=O)n(Cc2ccc(C)cc2)c(=O)n1C. The monoisotopic (exact) mass is 445 g/mol. The number of para-hydroxylation sites is 2. The highest BCUT2D eigenvalue weighted by Gasteiger charge is 2.31. The van der Waals surface area contributed by atoms with E-state index in [4.69, 9.17) is 9.72 Å². The Morgan fingerprint density at radius 3 is 2.52 bits per heavy atom. The third kappa shape index (κ3) is 3.42. The number of ether oxygens (including phenoxy) is 1. The molecule has 1 unspecified atom stereocenters. The first kappa shape index (κ1) is 21.1. The second-order valence-corrected chi connectivity index (χ2v) is 8.80. The maximum atomic E-state index is 13.6. The van der Waals surface area contributed by atoms with E-state index in [2.05, 4.69) is 11.8 Å². The molecule has 2 aromatic carbocycles. The summed E-state index contributed by atoms with van der Waals surface area (Å²) in [5.74, 6) is 1.64. The van der Waals surface area contributed by atoms with E-state index in [9.17, 15) is 9.59 Å². The van der Waals surface area contributed by atoms with Crippen LogP contribution in [-0.2, 0) is 20.1 Å². The molecule has 0 bridgehead atoms. The lowest BCUT2D eigenvalue weighted by atomic mass is 10.1. The zero-order valence-corrected chi connectivity index (χ0v) is 19.3. The van der Waals surface area contributed by atoms with Gasteiger partial charge in [0, 0.05) is 20.1 Å². The number of fused-ring (bicyclic) bond motifs is 3. The maximum absolute atomic E-state index is 13.6. The van der Waals surface area contributed by atoms with E-state index >= 15 is 0 Å². The van der Waals surface area contributed by atoms with E-state index in [0.717, 1.165) is 29.1 Å². The molecular weight excluding hydrogens is 418 g/mol. The van der Waals surface area contributed by atoms with Crippen molar-refractivity contribution in [3.63, 3.8) is 0 Å². The highest BCUT2D eigenvalue weighted by atomic mass is 16.5. The molecule has 33 heavy (non-hydrogen) atoms. The fourth-order valence-electron chi connectivity index (χ4n) is 4.58. The van der Waals surface area contributed by atoms with Gasteiger partial charge in [-0.3, -0.25) is 13.9 Å². The number of hydrogen-bond acceptors (Lipinski definition) is 5. The molecule has 1 atom stereocenters. The summed E-state index contributed by atoms with van der Waals surface area (Å²) in [5.41, 5.74) is 3.07. The van der Waals surface area contributed by atoms with Crippen LogP contribution in [-0.4, -0.2) is 32.3 Å². The third-order valence-electron chi connectivity index (χ3n) is 6.28. The van der Waals surface area contributed by atoms with Crippen LogP contribution in [0.3, 0.4) is 0 Å². The number of methoxy groups -OCH3 is 1. The highest BCUT2D eigenvalue weighted by Crippen LogP contribution is 2.37. The number of imidazole rings is 1. The van der Waals surface area contributed by atoms with Gasteiger partial charge in [-0.2, -0.15) is 4.98 Å². The Balaban J connectivity index is 1.72. The van der Waals surface area contributed by atoms with Crippen LogP contribution in [0.5, 0.6) is 5.75 Å². The molecule has 0 saturated carbocycles. The number of benzene rings is 2. The van der Waals surface area contributed by atoms with Gasteiger partial charge in [-0.25, -0.2) is 4.79 Å². The number of aryl methyl sites for hydroxylation is 2. The van der Waals surface area contributed by atoms with Crippen LogP contribution >= 0.6 is 0 Å². The summed E-state index contributed by atoms with van der Waals surface area (Å²) in [6.45, 7) is 5.75. The van der Waals surface area contributed by atoms with Gasteiger partial charge < -0.3 is 14.2 Å². The van der Waals surface area contributed by atoms with E-state index in [1.165, 1.54) is 9.13 Å². The van der Waals surface area contributed by atoms with Crippen molar-refractivity contribution in [2.24, 2.45) is 13.0 Å². The number of aromatic nitrogens is 4. The standard InChI is InChI=1S/C25H27N5O3/c1-16-9-11-18(12-10-16)15-30-23(31)21-22(27(3)25(30)32)26-24-28(13-17(2)14-29(21)24)19-7-5-6-8-20(19)33-4/h5-12,17H,13-15H2,1-4H3. The van der Waals surface area contributed by atoms with Crippen LogP contribution in [0.1, 0.15) is 18.1 Å². The fraction of sp³-hybridized carbons (Fsp3) is 0.320. The molecule has 0 fully saturated rings. The minimum Gasteiger partial charge on any atom is -0.495 e. The van der Waals surface area contributed by atoms with E-state index in [1.807, 2.05) is 60.0 Å². The fourth-order valence-corrected chi connectivity index (χ4v) is 4.58. The Labute approximate surface area is 191 Å². The van der Waals surface area contributed by atoms with Gasteiger partial charge >= 0.3 is 5.69 Å². The molecule has 2 aromatic heterocycles. The number of nitrogens with zero attached hydrogens (tertiary/aromatic N) is 5. The topological polar surface area (TPSA) is 74.3 Å². The number of hydrogen-bond donors (Lipinski definition) is 0. The predicted molar refractivity (Wildman–Crippen MR) is 129 cm³/mol. The number of anilines is 2. The molecule has 1 aliphatic rings. The quantitative estimate of drug-likeness (QED) is 0.483. The minimum absolute atomic E-state index is 0.216. The van der Waals surface area contributed by atoms with Crippen molar-refractivity contribution in [3.8, 4) is 5.75 Å². The van der Waals surface area contributed by atoms with Crippen molar-refractivity contribution in [3.05, 3.63) is 80.5 Å². The van der Waals surface area contributed by atoms with Crippen LogP contribution in [0, 0.1) is 12.8 Å². The molecule has 0 amide bonds. The summed E-state index contributed by atoms with van der Waals surface area (Å²) in [5, 5.41) is 0. The van der Waals surface area contributed by atoms with E-state index < -0.39 is 0 Å². The molecule has 170 valence electrons. The maximum Gasteiger partial charge on any atom is 0.332 e. The Bertz CT molecular complexity index is 1460. The van der Waals surface area contributed by atoms with E-state index in [1.54, 1.807) is 14.2 Å². The molecule has 0 radical (unpaired) electrons. The molecule has 5 rings (SSSR count). The van der Waals surface area contributed by atoms with Gasteiger partial charge in [0.05, 0.1) is 19.3 Å². The average molecular weight is 446 g/mol. The predicted octanol–water partition coefficient (Wildman–Crippen LogP) is 3.05. The van der Waals surface area contributed by atoms with Crippen LogP contribution in [0.15, 0.2) is 58.1 Å². The van der Waals surface area contributed by atoms with Crippen molar-refractivity contribution >= 4 is 22.8 Å². The van der Waals surface area contributed by atoms with E-state index in [0.29, 0.717) is 23.7 Å². The minimum atomic E-state index is -0.375. The van der Waals surface area contributed by atoms with Crippen LogP contribution in [0.2, 0.25) is 0 Å². The van der Waals surface area contributed by atoms with Gasteiger partial charge in [0.1, 0.15) is 5.75 Å². The molecule has 4 aromatic rings. The normalized spacial score (nSPS) is 15.6. The summed E-state index contributed by atoms with van der Waals surface area (Å²) >= 11 is 0. The summed E-state index contributed by atoms with van der Waals surface area (Å²) in [4.78, 5) is 33.6. The Morgan fingerprint density at radius 1 is 1.06 bits per heavy atom. The molecule has 3 heterocycles. The van der Waals surface area contributed by atoms with Crippen LogP contribution in [0.25, 0.3) is 11.2 Å². The largest absolute Gasteiger partial charge is 0.495 e. The smallest absolute Gasteiger partial charge is 0.332 e. The summed E-state index contributed by atoms with van der Waals surface area (Å²) in [6.07, 6.45) is 0. The molecule has 1 aliphatic heterocycles. The molecule has 0 N–H and O–H groups in total. The van der Waals surface area contributed by atoms with Crippen molar-refractivity contribution in [2.75, 3.05) is 18.6 Å². The average Bonchev–Trinajstić information content (AvgIpc) is 3.20. The molecule has 0 spiro atoms. The second-order valence-electron chi connectivity index (χ2n) is 8.80. The van der Waals surface area contributed by atoms with Crippen molar-refractivity contribution < 1.29 is 4.74 Å². The van der Waals surface area contributed by atoms with Crippen molar-refractivity contribution in [2.45, 2.75) is 26.9 Å². The van der Waals surface area contributed by atoms with E-state index in [-0.39, 0.29) is 23.7 Å².